The van der Waals surface area contributed by atoms with Crippen LogP contribution in [0.1, 0.15) is 18.7 Å². The highest BCUT2D eigenvalue weighted by Crippen LogP contribution is 2.47. The Morgan fingerprint density at radius 3 is 2.10 bits per heavy atom. The Hall–Kier alpha value is -1.45. The van der Waals surface area contributed by atoms with Gasteiger partial charge in [-0.05, 0) is 6.92 Å². The number of aliphatic hydroxyl groups excluding tert-OH is 1. The average molecular weight is 306 g/mol. The van der Waals surface area contributed by atoms with E-state index in [2.05, 4.69) is 9.84 Å². The zero-order chi connectivity index (χ0) is 15.7. The molecule has 0 amide bonds. The molecule has 20 heavy (non-hydrogen) atoms. The van der Waals surface area contributed by atoms with E-state index in [-0.39, 0.29) is 12.3 Å². The lowest BCUT2D eigenvalue weighted by molar-refractivity contribution is -0.308. The maximum absolute atomic E-state index is 12.6. The van der Waals surface area contributed by atoms with Crippen LogP contribution in [-0.4, -0.2) is 34.3 Å². The number of ether oxygens (including phenoxy) is 1. The van der Waals surface area contributed by atoms with Crippen molar-refractivity contribution in [2.24, 2.45) is 5.92 Å². The minimum atomic E-state index is -5.65. The van der Waals surface area contributed by atoms with E-state index in [1.807, 2.05) is 0 Å². The number of halogens is 6. The molecular weight excluding hydrogens is 294 g/mol. The molecule has 0 fully saturated rings. The molecule has 0 saturated carbocycles. The molecule has 116 valence electrons. The van der Waals surface area contributed by atoms with E-state index in [0.29, 0.717) is 0 Å². The number of aliphatic hydroxyl groups is 1. The van der Waals surface area contributed by atoms with E-state index in [9.17, 15) is 31.4 Å². The van der Waals surface area contributed by atoms with Gasteiger partial charge in [0.25, 0.3) is 0 Å². The summed E-state index contributed by atoms with van der Waals surface area (Å²) in [5, 5.41) is 13.2. The molecule has 1 aromatic heterocycles. The van der Waals surface area contributed by atoms with Gasteiger partial charge < -0.3 is 9.84 Å². The highest BCUT2D eigenvalue weighted by Gasteiger charge is 2.61. The van der Waals surface area contributed by atoms with Crippen molar-refractivity contribution in [3.05, 3.63) is 11.9 Å². The van der Waals surface area contributed by atoms with Crippen LogP contribution < -0.4 is 4.74 Å². The Labute approximate surface area is 109 Å². The molecule has 0 aliphatic heterocycles. The van der Waals surface area contributed by atoms with Gasteiger partial charge in [-0.15, -0.1) is 0 Å². The van der Waals surface area contributed by atoms with Gasteiger partial charge in [0.15, 0.2) is 11.7 Å². The fraction of sp³-hybridized carbons (Fsp3) is 0.700. The zero-order valence-corrected chi connectivity index (χ0v) is 10.5. The van der Waals surface area contributed by atoms with E-state index < -0.39 is 30.1 Å². The molecule has 1 N–H and O–H groups in total. The molecule has 4 nitrogen and oxygen atoms in total. The van der Waals surface area contributed by atoms with Crippen molar-refractivity contribution in [1.82, 2.24) is 9.78 Å². The number of rotatable bonds is 4. The molecule has 1 heterocycles. The number of alkyl halides is 6. The van der Waals surface area contributed by atoms with Gasteiger partial charge in [0.1, 0.15) is 11.8 Å². The maximum Gasteiger partial charge on any atom is 0.403 e. The van der Waals surface area contributed by atoms with Gasteiger partial charge in [-0.1, -0.05) is 0 Å². The highest BCUT2D eigenvalue weighted by molar-refractivity contribution is 5.28. The molecule has 0 saturated heterocycles. The largest absolute Gasteiger partial charge is 0.493 e. The second-order valence-electron chi connectivity index (χ2n) is 3.92. The van der Waals surface area contributed by atoms with Gasteiger partial charge >= 0.3 is 12.4 Å². The number of hydrogen-bond acceptors (Lipinski definition) is 3. The molecule has 0 aromatic carbocycles. The summed E-state index contributed by atoms with van der Waals surface area (Å²) in [5.74, 6) is -4.25. The number of aromatic nitrogens is 2. The predicted molar refractivity (Wildman–Crippen MR) is 55.0 cm³/mol. The number of nitrogens with zero attached hydrogens (tertiary/aromatic N) is 2. The van der Waals surface area contributed by atoms with Gasteiger partial charge in [0.05, 0.1) is 13.3 Å². The normalized spacial score (nSPS) is 14.7. The third-order valence-corrected chi connectivity index (χ3v) is 2.67. The van der Waals surface area contributed by atoms with E-state index in [4.69, 9.17) is 0 Å². The molecular formula is C10H12F6N2O2. The van der Waals surface area contributed by atoms with Crippen LogP contribution in [0.25, 0.3) is 0 Å². The summed E-state index contributed by atoms with van der Waals surface area (Å²) in [5.41, 5.74) is -0.658. The molecule has 1 rings (SSSR count). The lowest BCUT2D eigenvalue weighted by Crippen LogP contribution is -2.41. The Balaban J connectivity index is 3.33. The summed E-state index contributed by atoms with van der Waals surface area (Å²) in [6.45, 7) is 1.44. The van der Waals surface area contributed by atoms with Crippen LogP contribution in [0.2, 0.25) is 0 Å². The third kappa shape index (κ3) is 3.17. The van der Waals surface area contributed by atoms with Crippen LogP contribution in [0.15, 0.2) is 6.20 Å². The number of aryl methyl sites for hydroxylation is 1. The summed E-state index contributed by atoms with van der Waals surface area (Å²) in [6.07, 6.45) is -13.2. The van der Waals surface area contributed by atoms with Crippen LogP contribution in [0.4, 0.5) is 26.3 Å². The van der Waals surface area contributed by atoms with Crippen molar-refractivity contribution in [2.45, 2.75) is 31.9 Å². The first-order chi connectivity index (χ1) is 9.04. The SMILES string of the molecule is CCn1ncc(OC)c1C(O)C(C(F)(F)F)C(F)(F)F. The minimum Gasteiger partial charge on any atom is -0.493 e. The third-order valence-electron chi connectivity index (χ3n) is 2.67. The van der Waals surface area contributed by atoms with Crippen molar-refractivity contribution in [3.63, 3.8) is 0 Å². The van der Waals surface area contributed by atoms with Gasteiger partial charge in [-0.3, -0.25) is 4.68 Å². The monoisotopic (exact) mass is 306 g/mol. The van der Waals surface area contributed by atoms with Crippen molar-refractivity contribution >= 4 is 0 Å². The maximum atomic E-state index is 12.6. The summed E-state index contributed by atoms with van der Waals surface area (Å²) in [6, 6.07) is 0. The van der Waals surface area contributed by atoms with E-state index in [1.165, 1.54) is 6.92 Å². The van der Waals surface area contributed by atoms with Crippen LogP contribution in [0, 0.1) is 5.92 Å². The van der Waals surface area contributed by atoms with E-state index in [0.717, 1.165) is 18.0 Å². The number of hydrogen-bond donors (Lipinski definition) is 1. The molecule has 0 aliphatic carbocycles. The van der Waals surface area contributed by atoms with Crippen LogP contribution in [-0.2, 0) is 6.54 Å². The molecule has 1 unspecified atom stereocenters. The smallest absolute Gasteiger partial charge is 0.403 e. The topological polar surface area (TPSA) is 47.3 Å². The standard InChI is InChI=1S/C10H12F6N2O2/c1-3-18-6(5(20-2)4-17-18)7(19)8(9(11,12)13)10(14,15)16/h4,7-8,19H,3H2,1-2H3. The fourth-order valence-electron chi connectivity index (χ4n) is 1.79. The first-order valence-electron chi connectivity index (χ1n) is 5.45. The lowest BCUT2D eigenvalue weighted by Gasteiger charge is -2.27. The molecule has 0 bridgehead atoms. The fourth-order valence-corrected chi connectivity index (χ4v) is 1.79. The van der Waals surface area contributed by atoms with Crippen molar-refractivity contribution in [3.8, 4) is 5.75 Å². The molecule has 1 atom stereocenters. The predicted octanol–water partition coefficient (Wildman–Crippen LogP) is 2.69. The molecule has 1 aromatic rings. The minimum absolute atomic E-state index is 0.0157. The highest BCUT2D eigenvalue weighted by atomic mass is 19.4. The van der Waals surface area contributed by atoms with Crippen molar-refractivity contribution < 1.29 is 36.2 Å². The van der Waals surface area contributed by atoms with Gasteiger partial charge in [0, 0.05) is 6.54 Å². The van der Waals surface area contributed by atoms with Gasteiger partial charge in [-0.2, -0.15) is 31.4 Å². The first kappa shape index (κ1) is 16.6. The summed E-state index contributed by atoms with van der Waals surface area (Å²) >= 11 is 0. The second-order valence-corrected chi connectivity index (χ2v) is 3.92. The molecule has 0 spiro atoms. The van der Waals surface area contributed by atoms with Crippen LogP contribution in [0.5, 0.6) is 5.75 Å². The molecule has 10 heteroatoms. The Morgan fingerprint density at radius 2 is 1.75 bits per heavy atom. The van der Waals surface area contributed by atoms with Crippen molar-refractivity contribution in [2.75, 3.05) is 7.11 Å². The Bertz CT molecular complexity index is 418. The van der Waals surface area contributed by atoms with Crippen LogP contribution >= 0.6 is 0 Å². The van der Waals surface area contributed by atoms with E-state index >= 15 is 0 Å². The zero-order valence-electron chi connectivity index (χ0n) is 10.5. The second kappa shape index (κ2) is 5.51. The van der Waals surface area contributed by atoms with Crippen molar-refractivity contribution in [1.29, 1.82) is 0 Å². The molecule has 0 aliphatic rings. The average Bonchev–Trinajstić information content (AvgIpc) is 2.67. The Kier molecular flexibility index (Phi) is 4.57. The summed E-state index contributed by atoms with van der Waals surface area (Å²) in [7, 11) is 1.06. The lowest BCUT2D eigenvalue weighted by atomic mass is 9.98. The number of methoxy groups -OCH3 is 1. The van der Waals surface area contributed by atoms with Gasteiger partial charge in [0.2, 0.25) is 0 Å². The Morgan fingerprint density at radius 1 is 1.25 bits per heavy atom. The molecule has 0 radical (unpaired) electrons. The van der Waals surface area contributed by atoms with Crippen LogP contribution in [0.3, 0.4) is 0 Å². The summed E-state index contributed by atoms with van der Waals surface area (Å²) in [4.78, 5) is 0. The quantitative estimate of drug-likeness (QED) is 0.870. The first-order valence-corrected chi connectivity index (χ1v) is 5.45. The summed E-state index contributed by atoms with van der Waals surface area (Å²) < 4.78 is 80.9. The van der Waals surface area contributed by atoms with E-state index in [1.54, 1.807) is 0 Å². The van der Waals surface area contributed by atoms with Gasteiger partial charge in [-0.25, -0.2) is 0 Å².